The predicted octanol–water partition coefficient (Wildman–Crippen LogP) is 3.65. The van der Waals surface area contributed by atoms with Gasteiger partial charge >= 0.3 is 0 Å². The van der Waals surface area contributed by atoms with Crippen molar-refractivity contribution in [2.75, 3.05) is 19.6 Å². The number of hydrogen-bond acceptors (Lipinski definition) is 6. The van der Waals surface area contributed by atoms with Gasteiger partial charge in [-0.15, -0.1) is 0 Å². The Bertz CT molecular complexity index is 994. The fourth-order valence-electron chi connectivity index (χ4n) is 4.27. The molecule has 2 aromatic rings. The van der Waals surface area contributed by atoms with Gasteiger partial charge in [-0.1, -0.05) is 19.8 Å². The molecule has 3 aliphatic heterocycles. The Balaban J connectivity index is 1.39. The summed E-state index contributed by atoms with van der Waals surface area (Å²) in [5.41, 5.74) is 7.94. The molecule has 0 unspecified atom stereocenters. The molecule has 0 amide bonds. The zero-order valence-corrected chi connectivity index (χ0v) is 17.6. The van der Waals surface area contributed by atoms with E-state index in [-0.39, 0.29) is 0 Å². The summed E-state index contributed by atoms with van der Waals surface area (Å²) in [5, 5.41) is 6.64. The lowest BCUT2D eigenvalue weighted by Gasteiger charge is -2.24. The van der Waals surface area contributed by atoms with Gasteiger partial charge in [0.15, 0.2) is 5.82 Å². The van der Waals surface area contributed by atoms with E-state index in [1.165, 1.54) is 37.7 Å². The number of pyridine rings is 1. The van der Waals surface area contributed by atoms with Crippen molar-refractivity contribution in [3.05, 3.63) is 54.5 Å². The van der Waals surface area contributed by atoms with Gasteiger partial charge in [-0.05, 0) is 43.4 Å². The summed E-state index contributed by atoms with van der Waals surface area (Å²) in [6, 6.07) is 2.24. The third-order valence-electron chi connectivity index (χ3n) is 5.98. The lowest BCUT2D eigenvalue weighted by atomic mass is 10.1. The molecular formula is C23H29N7. The number of nitrogens with one attached hydrogen (secondary N) is 1. The molecule has 30 heavy (non-hydrogen) atoms. The molecule has 0 aliphatic carbocycles. The van der Waals surface area contributed by atoms with Crippen molar-refractivity contribution in [2.45, 2.75) is 45.4 Å². The van der Waals surface area contributed by atoms with E-state index in [0.29, 0.717) is 6.54 Å². The maximum absolute atomic E-state index is 4.95. The summed E-state index contributed by atoms with van der Waals surface area (Å²) in [4.78, 5) is 11.8. The molecule has 156 valence electrons. The molecule has 0 radical (unpaired) electrons. The summed E-state index contributed by atoms with van der Waals surface area (Å²) >= 11 is 0. The highest BCUT2D eigenvalue weighted by Gasteiger charge is 2.27. The number of likely N-dealkylation sites (tertiary alicyclic amines) is 1. The van der Waals surface area contributed by atoms with Gasteiger partial charge in [0.2, 0.25) is 0 Å². The number of amidine groups is 1. The summed E-state index contributed by atoms with van der Waals surface area (Å²) in [6.45, 7) is 5.12. The molecule has 0 spiro atoms. The first-order valence-corrected chi connectivity index (χ1v) is 11.1. The minimum absolute atomic E-state index is 0.701. The second-order valence-electron chi connectivity index (χ2n) is 8.17. The number of nitrogens with zero attached hydrogens (tertiary/aromatic N) is 6. The van der Waals surface area contributed by atoms with Crippen molar-refractivity contribution >= 4 is 11.5 Å². The van der Waals surface area contributed by atoms with Crippen LogP contribution in [0.25, 0.3) is 16.8 Å². The Morgan fingerprint density at radius 3 is 2.83 bits per heavy atom. The molecule has 5 heterocycles. The van der Waals surface area contributed by atoms with Gasteiger partial charge in [-0.3, -0.25) is 9.99 Å². The lowest BCUT2D eigenvalue weighted by Crippen LogP contribution is -2.33. The van der Waals surface area contributed by atoms with Crippen molar-refractivity contribution in [2.24, 2.45) is 4.99 Å². The molecule has 1 fully saturated rings. The molecule has 3 aliphatic rings. The van der Waals surface area contributed by atoms with Crippen LogP contribution >= 0.6 is 0 Å². The Labute approximate surface area is 177 Å². The van der Waals surface area contributed by atoms with E-state index < -0.39 is 0 Å². The molecule has 7 nitrogen and oxygen atoms in total. The third-order valence-corrected chi connectivity index (χ3v) is 5.98. The van der Waals surface area contributed by atoms with E-state index in [1.54, 1.807) is 0 Å². The van der Waals surface area contributed by atoms with Crippen molar-refractivity contribution in [1.29, 1.82) is 0 Å². The van der Waals surface area contributed by atoms with E-state index in [0.717, 1.165) is 48.0 Å². The number of aliphatic imine (C=N–C) groups is 1. The molecule has 1 N–H and O–H groups in total. The average Bonchev–Trinajstić information content (AvgIpc) is 3.54. The summed E-state index contributed by atoms with van der Waals surface area (Å²) in [5.74, 6) is 1.98. The topological polar surface area (TPSA) is 61.6 Å². The quantitative estimate of drug-likeness (QED) is 0.746. The maximum Gasteiger partial charge on any atom is 0.172 e. The van der Waals surface area contributed by atoms with Gasteiger partial charge in [-0.25, -0.2) is 15.1 Å². The van der Waals surface area contributed by atoms with Crippen LogP contribution in [0.2, 0.25) is 0 Å². The van der Waals surface area contributed by atoms with Gasteiger partial charge in [-0.2, -0.15) is 5.10 Å². The minimum Gasteiger partial charge on any atom is -0.357 e. The molecule has 0 atom stereocenters. The van der Waals surface area contributed by atoms with E-state index >= 15 is 0 Å². The lowest BCUT2D eigenvalue weighted by molar-refractivity contribution is 0.378. The van der Waals surface area contributed by atoms with Gasteiger partial charge in [0.25, 0.3) is 0 Å². The molecule has 0 bridgehead atoms. The molecular weight excluding hydrogens is 374 g/mol. The van der Waals surface area contributed by atoms with Crippen molar-refractivity contribution < 1.29 is 0 Å². The first-order valence-electron chi connectivity index (χ1n) is 11.1. The molecule has 1 saturated heterocycles. The van der Waals surface area contributed by atoms with E-state index in [2.05, 4.69) is 51.9 Å². The normalized spacial score (nSPS) is 18.4. The highest BCUT2D eigenvalue weighted by atomic mass is 15.6. The average molecular weight is 404 g/mol. The molecule has 0 aromatic carbocycles. The monoisotopic (exact) mass is 403 g/mol. The highest BCUT2D eigenvalue weighted by molar-refractivity contribution is 5.95. The summed E-state index contributed by atoms with van der Waals surface area (Å²) in [7, 11) is 0. The van der Waals surface area contributed by atoms with Crippen molar-refractivity contribution in [3.63, 3.8) is 0 Å². The third kappa shape index (κ3) is 3.77. The fourth-order valence-corrected chi connectivity index (χ4v) is 4.27. The van der Waals surface area contributed by atoms with E-state index in [1.807, 2.05) is 28.3 Å². The van der Waals surface area contributed by atoms with Gasteiger partial charge < -0.3 is 4.90 Å². The first kappa shape index (κ1) is 19.1. The zero-order valence-electron chi connectivity index (χ0n) is 17.6. The Morgan fingerprint density at radius 2 is 1.97 bits per heavy atom. The second kappa shape index (κ2) is 8.44. The fraction of sp³-hybridized carbons (Fsp3) is 0.435. The molecule has 0 saturated carbocycles. The second-order valence-corrected chi connectivity index (χ2v) is 8.17. The zero-order chi connectivity index (χ0) is 20.3. The van der Waals surface area contributed by atoms with Gasteiger partial charge in [0, 0.05) is 49.0 Å². The Kier molecular flexibility index (Phi) is 5.36. The molecule has 7 heteroatoms. The number of hydrogen-bond donors (Lipinski definition) is 1. The van der Waals surface area contributed by atoms with Crippen LogP contribution in [-0.2, 0) is 6.42 Å². The largest absolute Gasteiger partial charge is 0.357 e. The van der Waals surface area contributed by atoms with Crippen LogP contribution in [0.4, 0.5) is 0 Å². The van der Waals surface area contributed by atoms with E-state index in [9.17, 15) is 0 Å². The van der Waals surface area contributed by atoms with Crippen LogP contribution in [0.5, 0.6) is 0 Å². The van der Waals surface area contributed by atoms with Crippen LogP contribution in [0, 0.1) is 0 Å². The molecule has 5 rings (SSSR count). The minimum atomic E-state index is 0.701. The number of rotatable bonds is 6. The number of unbranched alkanes of at least 4 members (excludes halogenated alkanes) is 2. The number of hydrazine groups is 1. The van der Waals surface area contributed by atoms with Gasteiger partial charge in [0.05, 0.1) is 12.7 Å². The standard InChI is InChI=1S/C23H29N7/c1-2-3-4-7-18-12-19(14-24-13-18)20-15-25-30(17-20)21-16-26-29-11-8-22(27-23(21)29)28-9-5-6-10-28/h8,11-15,17,26H,2-7,9-10,16H2,1H3. The number of aromatic nitrogens is 3. The number of aryl methyl sites for hydroxylation is 1. The van der Waals surface area contributed by atoms with Crippen LogP contribution in [0.15, 0.2) is 53.9 Å². The van der Waals surface area contributed by atoms with Crippen LogP contribution in [-0.4, -0.2) is 50.1 Å². The van der Waals surface area contributed by atoms with Crippen molar-refractivity contribution in [3.8, 4) is 11.1 Å². The van der Waals surface area contributed by atoms with Crippen LogP contribution < -0.4 is 5.43 Å². The summed E-state index contributed by atoms with van der Waals surface area (Å²) in [6.07, 6.45) is 19.4. The summed E-state index contributed by atoms with van der Waals surface area (Å²) < 4.78 is 1.95. The number of fused-ring (bicyclic) bond motifs is 1. The van der Waals surface area contributed by atoms with Crippen molar-refractivity contribution in [1.82, 2.24) is 30.1 Å². The van der Waals surface area contributed by atoms with Gasteiger partial charge in [0.1, 0.15) is 11.5 Å². The molecule has 2 aromatic heterocycles. The Hall–Kier alpha value is -2.93. The predicted molar refractivity (Wildman–Crippen MR) is 119 cm³/mol. The van der Waals surface area contributed by atoms with E-state index in [4.69, 9.17) is 4.99 Å². The van der Waals surface area contributed by atoms with Crippen LogP contribution in [0.3, 0.4) is 0 Å². The highest BCUT2D eigenvalue weighted by Crippen LogP contribution is 2.27. The smallest absolute Gasteiger partial charge is 0.172 e. The Morgan fingerprint density at radius 1 is 1.07 bits per heavy atom. The SMILES string of the molecule is CCCCCc1cncc(-c2cnn(C3=C4N=C(N5CCCC5)C=CN4NC3)c2)c1. The maximum atomic E-state index is 4.95. The first-order chi connectivity index (χ1) is 14.8. The van der Waals surface area contributed by atoms with Crippen LogP contribution in [0.1, 0.15) is 44.6 Å².